The number of hydrogen-bond acceptors (Lipinski definition) is 10. The van der Waals surface area contributed by atoms with Gasteiger partial charge in [-0.1, -0.05) is 32.6 Å². The van der Waals surface area contributed by atoms with E-state index in [1.165, 1.54) is 20.4 Å². The van der Waals surface area contributed by atoms with Crippen molar-refractivity contribution in [2.45, 2.75) is 31.8 Å². The quantitative estimate of drug-likeness (QED) is 0.350. The largest absolute Gasteiger partial charge is 0.494 e. The molecule has 1 amide bonds. The molecule has 0 atom stereocenters. The average molecular weight is 581 g/mol. The number of aromatic nitrogens is 3. The van der Waals surface area contributed by atoms with E-state index in [1.54, 1.807) is 24.3 Å². The number of hydrogen-bond donors (Lipinski definition) is 2. The summed E-state index contributed by atoms with van der Waals surface area (Å²) in [6.45, 7) is 0. The number of ether oxygens (including phenoxy) is 3. The van der Waals surface area contributed by atoms with E-state index in [1.807, 2.05) is 0 Å². The molecule has 1 aromatic carbocycles. The molecule has 11 nitrogen and oxygen atoms in total. The molecule has 3 aromatic rings. The lowest BCUT2D eigenvalue weighted by Crippen LogP contribution is -2.28. The maximum absolute atomic E-state index is 12.7. The Hall–Kier alpha value is -3.38. The highest BCUT2D eigenvalue weighted by atomic mass is 79.9. The van der Waals surface area contributed by atoms with Gasteiger partial charge in [-0.25, -0.2) is 4.98 Å². The molecule has 13 heteroatoms. The Morgan fingerprint density at radius 1 is 1.11 bits per heavy atom. The van der Waals surface area contributed by atoms with Crippen molar-refractivity contribution >= 4 is 56.8 Å². The van der Waals surface area contributed by atoms with Crippen molar-refractivity contribution in [2.75, 3.05) is 24.9 Å². The van der Waals surface area contributed by atoms with Crippen molar-refractivity contribution in [1.82, 2.24) is 15.2 Å². The standard InChI is InChI=1S/C23H23BrClN5O6/c1-33-18-10-19(35-14-6-3-12(4-7-14)22(32)34-2)26-11-17(18)27-20(31)21-29-30-23(36-21)28-16-8-5-13(24)9-15(16)25/h5,8-12,14H,3-4,6-7H2,1-2H3,(H,27,31)(H,28,30)/t12-,14+. The number of carbonyl (C=O) groups is 2. The predicted molar refractivity (Wildman–Crippen MR) is 134 cm³/mol. The summed E-state index contributed by atoms with van der Waals surface area (Å²) >= 11 is 9.51. The molecule has 2 heterocycles. The van der Waals surface area contributed by atoms with Crippen molar-refractivity contribution in [3.63, 3.8) is 0 Å². The molecule has 36 heavy (non-hydrogen) atoms. The van der Waals surface area contributed by atoms with E-state index in [0.717, 1.165) is 4.47 Å². The minimum atomic E-state index is -0.646. The third kappa shape index (κ3) is 6.24. The van der Waals surface area contributed by atoms with E-state index in [0.29, 0.717) is 53.7 Å². The molecule has 1 saturated carbocycles. The Morgan fingerprint density at radius 2 is 1.89 bits per heavy atom. The number of rotatable bonds is 8. The molecule has 0 bridgehead atoms. The second kappa shape index (κ2) is 11.6. The zero-order valence-electron chi connectivity index (χ0n) is 19.4. The maximum atomic E-state index is 12.7. The lowest BCUT2D eigenvalue weighted by Gasteiger charge is -2.27. The number of benzene rings is 1. The topological polar surface area (TPSA) is 138 Å². The average Bonchev–Trinajstić information content (AvgIpc) is 3.35. The normalized spacial score (nSPS) is 17.2. The lowest BCUT2D eigenvalue weighted by molar-refractivity contribution is -0.147. The fourth-order valence-electron chi connectivity index (χ4n) is 3.75. The first kappa shape index (κ1) is 25.7. The maximum Gasteiger partial charge on any atom is 0.320 e. The van der Waals surface area contributed by atoms with Gasteiger partial charge in [0.1, 0.15) is 17.5 Å². The molecule has 0 saturated heterocycles. The molecule has 4 rings (SSSR count). The van der Waals surface area contributed by atoms with Crippen LogP contribution in [0.4, 0.5) is 17.4 Å². The number of nitrogens with zero attached hydrogens (tertiary/aromatic N) is 3. The summed E-state index contributed by atoms with van der Waals surface area (Å²) in [5, 5.41) is 13.5. The zero-order valence-corrected chi connectivity index (χ0v) is 21.8. The van der Waals surface area contributed by atoms with Gasteiger partial charge in [-0.3, -0.25) is 9.59 Å². The smallest absolute Gasteiger partial charge is 0.320 e. The van der Waals surface area contributed by atoms with Crippen molar-refractivity contribution in [3.8, 4) is 11.6 Å². The third-order valence-corrected chi connectivity index (χ3v) is 6.40. The number of esters is 1. The van der Waals surface area contributed by atoms with Gasteiger partial charge in [-0.2, -0.15) is 0 Å². The number of halogens is 2. The minimum absolute atomic E-state index is 0.000121. The monoisotopic (exact) mass is 579 g/mol. The van der Waals surface area contributed by atoms with Gasteiger partial charge in [0, 0.05) is 10.5 Å². The van der Waals surface area contributed by atoms with Gasteiger partial charge in [0.15, 0.2) is 0 Å². The van der Waals surface area contributed by atoms with Gasteiger partial charge in [-0.05, 0) is 43.9 Å². The van der Waals surface area contributed by atoms with Crippen LogP contribution >= 0.6 is 27.5 Å². The fraction of sp³-hybridized carbons (Fsp3) is 0.348. The molecule has 0 aliphatic heterocycles. The fourth-order valence-corrected chi connectivity index (χ4v) is 4.47. The second-order valence-electron chi connectivity index (χ2n) is 7.95. The van der Waals surface area contributed by atoms with Gasteiger partial charge in [0.25, 0.3) is 0 Å². The Kier molecular flexibility index (Phi) is 8.26. The summed E-state index contributed by atoms with van der Waals surface area (Å²) in [6.07, 6.45) is 4.15. The van der Waals surface area contributed by atoms with Crippen LogP contribution in [0.1, 0.15) is 36.4 Å². The van der Waals surface area contributed by atoms with E-state index < -0.39 is 5.91 Å². The molecule has 0 spiro atoms. The predicted octanol–water partition coefficient (Wildman–Crippen LogP) is 5.00. The lowest BCUT2D eigenvalue weighted by atomic mass is 9.87. The summed E-state index contributed by atoms with van der Waals surface area (Å²) < 4.78 is 22.4. The Labute approximate surface area is 220 Å². The highest BCUT2D eigenvalue weighted by molar-refractivity contribution is 9.10. The molecule has 1 aliphatic rings. The van der Waals surface area contributed by atoms with Crippen LogP contribution in [0.2, 0.25) is 5.02 Å². The summed E-state index contributed by atoms with van der Waals surface area (Å²) in [6, 6.07) is 6.80. The SMILES string of the molecule is COc1cc(O[C@H]2CC[C@@H](C(=O)OC)CC2)ncc1NC(=O)c1nnc(Nc2ccc(Br)cc2Cl)o1. The van der Waals surface area contributed by atoms with Gasteiger partial charge in [-0.15, -0.1) is 5.10 Å². The van der Waals surface area contributed by atoms with Crippen LogP contribution in [0, 0.1) is 5.92 Å². The van der Waals surface area contributed by atoms with Crippen LogP contribution in [0.25, 0.3) is 0 Å². The molecular formula is C23H23BrClN5O6. The zero-order chi connectivity index (χ0) is 25.7. The van der Waals surface area contributed by atoms with E-state index in [2.05, 4.69) is 41.7 Å². The number of anilines is 3. The first-order valence-electron chi connectivity index (χ1n) is 11.0. The molecule has 190 valence electrons. The minimum Gasteiger partial charge on any atom is -0.494 e. The summed E-state index contributed by atoms with van der Waals surface area (Å²) in [7, 11) is 2.86. The summed E-state index contributed by atoms with van der Waals surface area (Å²) in [4.78, 5) is 28.6. The second-order valence-corrected chi connectivity index (χ2v) is 9.28. The third-order valence-electron chi connectivity index (χ3n) is 5.60. The van der Waals surface area contributed by atoms with Gasteiger partial charge < -0.3 is 29.3 Å². The van der Waals surface area contributed by atoms with Crippen LogP contribution < -0.4 is 20.1 Å². The molecule has 2 aromatic heterocycles. The summed E-state index contributed by atoms with van der Waals surface area (Å²) in [5.41, 5.74) is 0.837. The number of methoxy groups -OCH3 is 2. The van der Waals surface area contributed by atoms with Crippen molar-refractivity contribution in [1.29, 1.82) is 0 Å². The van der Waals surface area contributed by atoms with E-state index in [-0.39, 0.29) is 29.9 Å². The first-order chi connectivity index (χ1) is 17.4. The molecule has 2 N–H and O–H groups in total. The molecule has 0 radical (unpaired) electrons. The first-order valence-corrected chi connectivity index (χ1v) is 12.2. The number of amides is 1. The van der Waals surface area contributed by atoms with Crippen LogP contribution in [0.5, 0.6) is 11.6 Å². The van der Waals surface area contributed by atoms with Crippen LogP contribution in [0.3, 0.4) is 0 Å². The van der Waals surface area contributed by atoms with Gasteiger partial charge >= 0.3 is 23.8 Å². The highest BCUT2D eigenvalue weighted by Crippen LogP contribution is 2.32. The molecule has 1 fully saturated rings. The van der Waals surface area contributed by atoms with Crippen molar-refractivity contribution in [2.24, 2.45) is 5.92 Å². The van der Waals surface area contributed by atoms with E-state index in [4.69, 9.17) is 30.2 Å². The summed E-state index contributed by atoms with van der Waals surface area (Å²) in [5.74, 6) is -0.502. The Bertz CT molecular complexity index is 1250. The van der Waals surface area contributed by atoms with E-state index >= 15 is 0 Å². The number of pyridine rings is 1. The van der Waals surface area contributed by atoms with Gasteiger partial charge in [0.2, 0.25) is 5.88 Å². The van der Waals surface area contributed by atoms with Crippen LogP contribution in [0.15, 0.2) is 39.4 Å². The highest BCUT2D eigenvalue weighted by Gasteiger charge is 2.28. The van der Waals surface area contributed by atoms with Gasteiger partial charge in [0.05, 0.1) is 37.0 Å². The molecular weight excluding hydrogens is 558 g/mol. The molecule has 0 unspecified atom stereocenters. The number of carbonyl (C=O) groups excluding carboxylic acids is 2. The van der Waals surface area contributed by atoms with Crippen LogP contribution in [-0.4, -0.2) is 47.4 Å². The van der Waals surface area contributed by atoms with E-state index in [9.17, 15) is 9.59 Å². The Morgan fingerprint density at radius 3 is 2.58 bits per heavy atom. The Balaban J connectivity index is 1.37. The van der Waals surface area contributed by atoms with Crippen LogP contribution in [-0.2, 0) is 9.53 Å². The number of nitrogens with one attached hydrogen (secondary N) is 2. The van der Waals surface area contributed by atoms with Crippen molar-refractivity contribution < 1.29 is 28.2 Å². The van der Waals surface area contributed by atoms with Crippen molar-refractivity contribution in [3.05, 3.63) is 45.8 Å². The molecule has 1 aliphatic carbocycles.